The van der Waals surface area contributed by atoms with Gasteiger partial charge in [0.1, 0.15) is 5.75 Å². The Morgan fingerprint density at radius 1 is 1.18 bits per heavy atom. The van der Waals surface area contributed by atoms with Crippen molar-refractivity contribution in [2.45, 2.75) is 24.9 Å². The van der Waals surface area contributed by atoms with Gasteiger partial charge in [-0.25, -0.2) is 0 Å². The van der Waals surface area contributed by atoms with Crippen LogP contribution in [0.1, 0.15) is 12.0 Å². The Labute approximate surface area is 103 Å². The first kappa shape index (κ1) is 11.1. The minimum Gasteiger partial charge on any atom is -0.508 e. The van der Waals surface area contributed by atoms with Gasteiger partial charge < -0.3 is 5.11 Å². The lowest BCUT2D eigenvalue weighted by Gasteiger charge is -2.55. The van der Waals surface area contributed by atoms with Crippen LogP contribution in [-0.2, 0) is 6.42 Å². The average Bonchev–Trinajstić information content (AvgIpc) is 2.38. The molecule has 3 saturated heterocycles. The number of piperidine rings is 1. The molecule has 3 heteroatoms. The Morgan fingerprint density at radius 3 is 2.41 bits per heavy atom. The zero-order valence-electron chi connectivity index (χ0n) is 10.3. The third kappa shape index (κ3) is 2.17. The van der Waals surface area contributed by atoms with E-state index in [4.69, 9.17) is 0 Å². The highest BCUT2D eigenvalue weighted by atomic mass is 16.3. The highest BCUT2D eigenvalue weighted by Crippen LogP contribution is 2.30. The number of fused-ring (bicyclic) bond motifs is 2. The summed E-state index contributed by atoms with van der Waals surface area (Å²) in [5.74, 6) is 0.356. The first-order valence-electron chi connectivity index (χ1n) is 6.44. The Kier molecular flexibility index (Phi) is 2.81. The predicted octanol–water partition coefficient (Wildman–Crippen LogP) is 1.32. The average molecular weight is 232 g/mol. The maximum atomic E-state index is 9.23. The molecule has 0 aliphatic carbocycles. The Bertz CT molecular complexity index is 378. The zero-order chi connectivity index (χ0) is 11.8. The molecule has 0 radical (unpaired) electrons. The summed E-state index contributed by atoms with van der Waals surface area (Å²) >= 11 is 0. The summed E-state index contributed by atoms with van der Waals surface area (Å²) in [6.45, 7) is 3.60. The largest absolute Gasteiger partial charge is 0.508 e. The van der Waals surface area contributed by atoms with Crippen molar-refractivity contribution in [1.82, 2.24) is 9.80 Å². The minimum absolute atomic E-state index is 0.356. The molecule has 3 nitrogen and oxygen atoms in total. The van der Waals surface area contributed by atoms with Crippen LogP contribution in [0, 0.1) is 0 Å². The lowest BCUT2D eigenvalue weighted by atomic mass is 9.88. The van der Waals surface area contributed by atoms with Crippen molar-refractivity contribution in [3.63, 3.8) is 0 Å². The summed E-state index contributed by atoms with van der Waals surface area (Å²) in [6, 6.07) is 9.19. The van der Waals surface area contributed by atoms with Crippen LogP contribution in [-0.4, -0.2) is 53.7 Å². The van der Waals surface area contributed by atoms with Crippen molar-refractivity contribution in [3.05, 3.63) is 29.8 Å². The molecule has 0 amide bonds. The number of aromatic hydroxyl groups is 1. The van der Waals surface area contributed by atoms with Crippen molar-refractivity contribution in [2.75, 3.05) is 26.7 Å². The van der Waals surface area contributed by atoms with Gasteiger partial charge in [-0.05, 0) is 37.6 Å². The van der Waals surface area contributed by atoms with E-state index in [2.05, 4.69) is 16.8 Å². The van der Waals surface area contributed by atoms with Crippen LogP contribution in [0.4, 0.5) is 0 Å². The van der Waals surface area contributed by atoms with E-state index in [1.165, 1.54) is 25.1 Å². The van der Waals surface area contributed by atoms with Gasteiger partial charge >= 0.3 is 0 Å². The molecule has 2 bridgehead atoms. The van der Waals surface area contributed by atoms with Crippen LogP contribution in [0.3, 0.4) is 0 Å². The highest BCUT2D eigenvalue weighted by Gasteiger charge is 2.41. The van der Waals surface area contributed by atoms with Gasteiger partial charge in [0.05, 0.1) is 0 Å². The number of nitrogens with zero attached hydrogens (tertiary/aromatic N) is 2. The van der Waals surface area contributed by atoms with Crippen LogP contribution in [0.2, 0.25) is 0 Å². The van der Waals surface area contributed by atoms with Gasteiger partial charge in [-0.1, -0.05) is 12.1 Å². The molecule has 2 unspecified atom stereocenters. The van der Waals surface area contributed by atoms with E-state index < -0.39 is 0 Å². The third-order valence-electron chi connectivity index (χ3n) is 4.29. The topological polar surface area (TPSA) is 26.7 Å². The van der Waals surface area contributed by atoms with Gasteiger partial charge in [0.15, 0.2) is 0 Å². The summed E-state index contributed by atoms with van der Waals surface area (Å²) in [5, 5.41) is 9.23. The van der Waals surface area contributed by atoms with E-state index in [0.717, 1.165) is 25.0 Å². The number of piperazine rings is 1. The molecule has 2 atom stereocenters. The van der Waals surface area contributed by atoms with Crippen LogP contribution in [0.25, 0.3) is 0 Å². The molecule has 92 valence electrons. The van der Waals surface area contributed by atoms with Gasteiger partial charge in [0.2, 0.25) is 0 Å². The monoisotopic (exact) mass is 232 g/mol. The molecule has 1 N–H and O–H groups in total. The molecular formula is C14H20N2O. The van der Waals surface area contributed by atoms with Gasteiger partial charge in [0, 0.05) is 31.7 Å². The van der Waals surface area contributed by atoms with Crippen molar-refractivity contribution in [3.8, 4) is 5.75 Å². The fourth-order valence-corrected chi connectivity index (χ4v) is 3.02. The molecule has 0 saturated carbocycles. The lowest BCUT2D eigenvalue weighted by Crippen LogP contribution is -2.67. The summed E-state index contributed by atoms with van der Waals surface area (Å²) in [4.78, 5) is 5.09. The number of phenolic OH excluding ortho intramolecular Hbond substituents is 1. The van der Waals surface area contributed by atoms with Crippen LogP contribution < -0.4 is 0 Å². The van der Waals surface area contributed by atoms with E-state index in [1.807, 2.05) is 12.1 Å². The van der Waals surface area contributed by atoms with Gasteiger partial charge in [-0.3, -0.25) is 9.80 Å². The van der Waals surface area contributed by atoms with E-state index in [0.29, 0.717) is 5.75 Å². The number of rotatable bonds is 3. The summed E-state index contributed by atoms with van der Waals surface area (Å²) in [7, 11) is 2.25. The minimum atomic E-state index is 0.356. The Hall–Kier alpha value is -1.06. The predicted molar refractivity (Wildman–Crippen MR) is 68.2 cm³/mol. The van der Waals surface area contributed by atoms with E-state index in [1.54, 1.807) is 12.1 Å². The fourth-order valence-electron chi connectivity index (χ4n) is 3.02. The first-order chi connectivity index (χ1) is 8.22. The van der Waals surface area contributed by atoms with Crippen LogP contribution in [0.15, 0.2) is 24.3 Å². The summed E-state index contributed by atoms with van der Waals surface area (Å²) < 4.78 is 0. The number of phenols is 1. The van der Waals surface area contributed by atoms with Gasteiger partial charge in [-0.15, -0.1) is 0 Å². The smallest absolute Gasteiger partial charge is 0.115 e. The zero-order valence-corrected chi connectivity index (χ0v) is 10.3. The third-order valence-corrected chi connectivity index (χ3v) is 4.29. The summed E-state index contributed by atoms with van der Waals surface area (Å²) in [6.07, 6.45) is 2.48. The lowest BCUT2D eigenvalue weighted by molar-refractivity contribution is -0.0497. The molecule has 3 aliphatic heterocycles. The molecule has 1 aromatic carbocycles. The number of hydrogen-bond donors (Lipinski definition) is 1. The SMILES string of the molecule is CN1C2CC1CN(CCc1ccc(O)cc1)C2. The maximum absolute atomic E-state index is 9.23. The second-order valence-corrected chi connectivity index (χ2v) is 5.38. The standard InChI is InChI=1S/C14H20N2O/c1-15-12-8-13(15)10-16(9-12)7-6-11-2-4-14(17)5-3-11/h2-5,12-13,17H,6-10H2,1H3. The molecule has 3 fully saturated rings. The molecule has 0 spiro atoms. The number of hydrogen-bond acceptors (Lipinski definition) is 3. The van der Waals surface area contributed by atoms with Crippen molar-refractivity contribution in [2.24, 2.45) is 0 Å². The van der Waals surface area contributed by atoms with E-state index in [-0.39, 0.29) is 0 Å². The normalized spacial score (nSPS) is 29.0. The molecule has 3 heterocycles. The first-order valence-corrected chi connectivity index (χ1v) is 6.44. The van der Waals surface area contributed by atoms with Crippen LogP contribution in [0.5, 0.6) is 5.75 Å². The molecular weight excluding hydrogens is 212 g/mol. The second kappa shape index (κ2) is 4.31. The number of likely N-dealkylation sites (N-methyl/N-ethyl adjacent to an activating group) is 1. The molecule has 1 aromatic rings. The maximum Gasteiger partial charge on any atom is 0.115 e. The Morgan fingerprint density at radius 2 is 1.82 bits per heavy atom. The van der Waals surface area contributed by atoms with Crippen molar-refractivity contribution < 1.29 is 5.11 Å². The van der Waals surface area contributed by atoms with Crippen molar-refractivity contribution >= 4 is 0 Å². The molecule has 4 rings (SSSR count). The number of benzene rings is 1. The van der Waals surface area contributed by atoms with Crippen LogP contribution >= 0.6 is 0 Å². The van der Waals surface area contributed by atoms with E-state index in [9.17, 15) is 5.11 Å². The summed E-state index contributed by atoms with van der Waals surface area (Å²) in [5.41, 5.74) is 1.32. The van der Waals surface area contributed by atoms with Gasteiger partial charge in [-0.2, -0.15) is 0 Å². The molecule has 3 aliphatic rings. The van der Waals surface area contributed by atoms with E-state index >= 15 is 0 Å². The molecule has 17 heavy (non-hydrogen) atoms. The quantitative estimate of drug-likeness (QED) is 0.851. The van der Waals surface area contributed by atoms with Crippen molar-refractivity contribution in [1.29, 1.82) is 0 Å². The Balaban J connectivity index is 1.50. The second-order valence-electron chi connectivity index (χ2n) is 5.38. The van der Waals surface area contributed by atoms with Gasteiger partial charge in [0.25, 0.3) is 0 Å². The molecule has 0 aromatic heterocycles. The fraction of sp³-hybridized carbons (Fsp3) is 0.571. The highest BCUT2D eigenvalue weighted by molar-refractivity contribution is 5.26.